The lowest BCUT2D eigenvalue weighted by Crippen LogP contribution is -2.16. The Balaban J connectivity index is 1.72. The number of aromatic nitrogens is 7. The average molecular weight is 410 g/mol. The molecule has 0 aliphatic heterocycles. The zero-order valence-electron chi connectivity index (χ0n) is 16.9. The SMILES string of the molecule is CCCn1c2ccccc2c2nnc(SC(C)c3nc(N)nc(N(C)C)n3)nc21. The van der Waals surface area contributed by atoms with Crippen molar-refractivity contribution in [1.29, 1.82) is 0 Å². The minimum absolute atomic E-state index is 0.109. The van der Waals surface area contributed by atoms with Gasteiger partial charge in [-0.2, -0.15) is 15.0 Å². The number of para-hydroxylation sites is 1. The molecular weight excluding hydrogens is 386 g/mol. The summed E-state index contributed by atoms with van der Waals surface area (Å²) < 4.78 is 2.21. The molecule has 0 aliphatic carbocycles. The summed E-state index contributed by atoms with van der Waals surface area (Å²) in [4.78, 5) is 19.5. The predicted molar refractivity (Wildman–Crippen MR) is 116 cm³/mol. The number of nitrogen functional groups attached to an aromatic ring is 1. The van der Waals surface area contributed by atoms with Gasteiger partial charge < -0.3 is 15.2 Å². The van der Waals surface area contributed by atoms with Gasteiger partial charge in [0.25, 0.3) is 0 Å². The van der Waals surface area contributed by atoms with Crippen molar-refractivity contribution < 1.29 is 0 Å². The summed E-state index contributed by atoms with van der Waals surface area (Å²) in [5, 5.41) is 10.4. The second-order valence-electron chi connectivity index (χ2n) is 6.94. The third-order valence-electron chi connectivity index (χ3n) is 4.51. The number of hydrogen-bond donors (Lipinski definition) is 1. The zero-order chi connectivity index (χ0) is 20.5. The number of rotatable bonds is 6. The maximum atomic E-state index is 5.85. The summed E-state index contributed by atoms with van der Waals surface area (Å²) in [6.07, 6.45) is 1.01. The number of benzene rings is 1. The van der Waals surface area contributed by atoms with Crippen LogP contribution in [0.2, 0.25) is 0 Å². The molecule has 0 saturated heterocycles. The molecule has 0 spiro atoms. The van der Waals surface area contributed by atoms with Gasteiger partial charge in [0.05, 0.1) is 10.8 Å². The number of nitrogens with zero attached hydrogens (tertiary/aromatic N) is 8. The quantitative estimate of drug-likeness (QED) is 0.480. The van der Waals surface area contributed by atoms with E-state index < -0.39 is 0 Å². The van der Waals surface area contributed by atoms with Crippen LogP contribution in [0.3, 0.4) is 0 Å². The van der Waals surface area contributed by atoms with Crippen molar-refractivity contribution in [2.24, 2.45) is 0 Å². The van der Waals surface area contributed by atoms with Gasteiger partial charge in [-0.25, -0.2) is 4.98 Å². The van der Waals surface area contributed by atoms with Crippen LogP contribution < -0.4 is 10.6 Å². The molecule has 29 heavy (non-hydrogen) atoms. The molecule has 150 valence electrons. The van der Waals surface area contributed by atoms with Gasteiger partial charge in [0.1, 0.15) is 11.3 Å². The van der Waals surface area contributed by atoms with Gasteiger partial charge in [0.2, 0.25) is 17.1 Å². The van der Waals surface area contributed by atoms with E-state index in [1.165, 1.54) is 11.8 Å². The van der Waals surface area contributed by atoms with Crippen LogP contribution in [-0.2, 0) is 6.54 Å². The van der Waals surface area contributed by atoms with E-state index in [4.69, 9.17) is 10.7 Å². The molecule has 3 heterocycles. The standard InChI is InChI=1S/C19H23N9S/c1-5-10-28-13-9-7-6-8-12(13)14-16(28)23-19(26-25-14)29-11(2)15-21-17(20)24-18(22-15)27(3)4/h6-9,11H,5,10H2,1-4H3,(H2,20,21,22,24). The van der Waals surface area contributed by atoms with E-state index in [0.29, 0.717) is 16.9 Å². The lowest BCUT2D eigenvalue weighted by atomic mass is 10.2. The fraction of sp³-hybridized carbons (Fsp3) is 0.368. The lowest BCUT2D eigenvalue weighted by Gasteiger charge is -2.14. The van der Waals surface area contributed by atoms with Crippen molar-refractivity contribution in [2.45, 2.75) is 37.2 Å². The first-order chi connectivity index (χ1) is 14.0. The normalized spacial score (nSPS) is 12.6. The highest BCUT2D eigenvalue weighted by Crippen LogP contribution is 2.33. The van der Waals surface area contributed by atoms with Gasteiger partial charge in [0.15, 0.2) is 5.65 Å². The van der Waals surface area contributed by atoms with Crippen molar-refractivity contribution in [3.05, 3.63) is 30.1 Å². The molecule has 0 fully saturated rings. The van der Waals surface area contributed by atoms with E-state index >= 15 is 0 Å². The smallest absolute Gasteiger partial charge is 0.229 e. The minimum atomic E-state index is -0.109. The van der Waals surface area contributed by atoms with Crippen LogP contribution in [0.15, 0.2) is 29.4 Å². The molecule has 2 N–H and O–H groups in total. The molecule has 10 heteroatoms. The van der Waals surface area contributed by atoms with Crippen LogP contribution >= 0.6 is 11.8 Å². The van der Waals surface area contributed by atoms with Gasteiger partial charge in [0, 0.05) is 26.0 Å². The summed E-state index contributed by atoms with van der Waals surface area (Å²) in [7, 11) is 3.73. The maximum Gasteiger partial charge on any atom is 0.229 e. The molecule has 3 aromatic heterocycles. The summed E-state index contributed by atoms with van der Waals surface area (Å²) in [6.45, 7) is 5.02. The van der Waals surface area contributed by atoms with E-state index in [2.05, 4.69) is 48.8 Å². The topological polar surface area (TPSA) is 112 Å². The second kappa shape index (κ2) is 7.78. The Labute approximate surface area is 172 Å². The Hall–Kier alpha value is -3.01. The van der Waals surface area contributed by atoms with Gasteiger partial charge in [-0.15, -0.1) is 10.2 Å². The maximum absolute atomic E-state index is 5.85. The van der Waals surface area contributed by atoms with Gasteiger partial charge in [-0.1, -0.05) is 36.9 Å². The Bertz CT molecular complexity index is 1170. The fourth-order valence-electron chi connectivity index (χ4n) is 3.18. The number of anilines is 2. The molecule has 1 atom stereocenters. The third-order valence-corrected chi connectivity index (χ3v) is 5.45. The van der Waals surface area contributed by atoms with Crippen LogP contribution in [0.25, 0.3) is 22.1 Å². The zero-order valence-corrected chi connectivity index (χ0v) is 17.7. The Morgan fingerprint density at radius 2 is 1.90 bits per heavy atom. The third kappa shape index (κ3) is 3.67. The van der Waals surface area contributed by atoms with Gasteiger partial charge in [-0.05, 0) is 19.4 Å². The molecule has 4 aromatic rings. The predicted octanol–water partition coefficient (Wildman–Crippen LogP) is 3.08. The summed E-state index contributed by atoms with van der Waals surface area (Å²) >= 11 is 1.45. The van der Waals surface area contributed by atoms with E-state index in [1.54, 1.807) is 4.90 Å². The highest BCUT2D eigenvalue weighted by atomic mass is 32.2. The van der Waals surface area contributed by atoms with Crippen molar-refractivity contribution in [2.75, 3.05) is 24.7 Å². The van der Waals surface area contributed by atoms with Gasteiger partial charge >= 0.3 is 0 Å². The van der Waals surface area contributed by atoms with Crippen LogP contribution in [0.4, 0.5) is 11.9 Å². The van der Waals surface area contributed by atoms with Crippen LogP contribution in [0, 0.1) is 0 Å². The molecule has 9 nitrogen and oxygen atoms in total. The Morgan fingerprint density at radius 3 is 2.66 bits per heavy atom. The van der Waals surface area contributed by atoms with Crippen LogP contribution in [-0.4, -0.2) is 48.8 Å². The number of thioether (sulfide) groups is 1. The first-order valence-corrected chi connectivity index (χ1v) is 10.3. The number of nitrogens with two attached hydrogens (primary N) is 1. The molecule has 0 bridgehead atoms. The first kappa shape index (κ1) is 19.3. The molecule has 0 amide bonds. The number of fused-ring (bicyclic) bond motifs is 3. The highest BCUT2D eigenvalue weighted by Gasteiger charge is 2.19. The van der Waals surface area contributed by atoms with E-state index in [0.717, 1.165) is 35.0 Å². The monoisotopic (exact) mass is 409 g/mol. The number of hydrogen-bond acceptors (Lipinski definition) is 9. The largest absolute Gasteiger partial charge is 0.368 e. The van der Waals surface area contributed by atoms with Crippen LogP contribution in [0.5, 0.6) is 0 Å². The number of aryl methyl sites for hydroxylation is 1. The van der Waals surface area contributed by atoms with E-state index in [-0.39, 0.29) is 11.2 Å². The average Bonchev–Trinajstić information content (AvgIpc) is 3.01. The Kier molecular flexibility index (Phi) is 5.18. The van der Waals surface area contributed by atoms with Gasteiger partial charge in [-0.3, -0.25) is 0 Å². The molecule has 0 saturated carbocycles. The summed E-state index contributed by atoms with van der Waals surface area (Å²) in [5.74, 6) is 1.31. The van der Waals surface area contributed by atoms with E-state index in [9.17, 15) is 0 Å². The molecule has 1 unspecified atom stereocenters. The molecule has 0 radical (unpaired) electrons. The minimum Gasteiger partial charge on any atom is -0.368 e. The summed E-state index contributed by atoms with van der Waals surface area (Å²) in [5.41, 5.74) is 8.65. The first-order valence-electron chi connectivity index (χ1n) is 9.45. The second-order valence-corrected chi connectivity index (χ2v) is 8.25. The molecule has 0 aliphatic rings. The van der Waals surface area contributed by atoms with Crippen molar-refractivity contribution in [3.8, 4) is 0 Å². The fourth-order valence-corrected chi connectivity index (χ4v) is 3.93. The van der Waals surface area contributed by atoms with E-state index in [1.807, 2.05) is 33.2 Å². The summed E-state index contributed by atoms with van der Waals surface area (Å²) in [6, 6.07) is 8.20. The molecule has 1 aromatic carbocycles. The highest BCUT2D eigenvalue weighted by molar-refractivity contribution is 7.99. The van der Waals surface area contributed by atoms with Crippen LogP contribution in [0.1, 0.15) is 31.3 Å². The lowest BCUT2D eigenvalue weighted by molar-refractivity contribution is 0.709. The van der Waals surface area contributed by atoms with Crippen molar-refractivity contribution >= 4 is 45.7 Å². The van der Waals surface area contributed by atoms with Crippen molar-refractivity contribution in [3.63, 3.8) is 0 Å². The molecule has 4 rings (SSSR count). The van der Waals surface area contributed by atoms with Crippen molar-refractivity contribution in [1.82, 2.24) is 34.7 Å². The molecular formula is C19H23N9S. The Morgan fingerprint density at radius 1 is 1.10 bits per heavy atom.